The van der Waals surface area contributed by atoms with E-state index in [4.69, 9.17) is 14.6 Å². The van der Waals surface area contributed by atoms with Crippen LogP contribution in [0.4, 0.5) is 5.69 Å². The van der Waals surface area contributed by atoms with Crippen molar-refractivity contribution in [3.63, 3.8) is 0 Å². The second-order valence-corrected chi connectivity index (χ2v) is 5.75. The summed E-state index contributed by atoms with van der Waals surface area (Å²) in [4.78, 5) is 23.1. The number of amides is 1. The van der Waals surface area contributed by atoms with Crippen molar-refractivity contribution < 1.29 is 24.2 Å². The molecule has 0 aromatic heterocycles. The molecule has 1 saturated carbocycles. The van der Waals surface area contributed by atoms with Crippen LogP contribution in [0.5, 0.6) is 5.75 Å². The van der Waals surface area contributed by atoms with Gasteiger partial charge < -0.3 is 19.9 Å². The van der Waals surface area contributed by atoms with Gasteiger partial charge in [-0.3, -0.25) is 4.79 Å². The van der Waals surface area contributed by atoms with Crippen molar-refractivity contribution in [2.75, 3.05) is 25.1 Å². The van der Waals surface area contributed by atoms with Gasteiger partial charge in [0.15, 0.2) is 6.61 Å². The summed E-state index contributed by atoms with van der Waals surface area (Å²) in [5.74, 6) is -0.621. The molecule has 2 N–H and O–H groups in total. The maximum atomic E-state index is 12.6. The number of nitrogens with one attached hydrogen (secondary N) is 1. The van der Waals surface area contributed by atoms with Gasteiger partial charge in [-0.1, -0.05) is 12.5 Å². The van der Waals surface area contributed by atoms with E-state index in [1.807, 2.05) is 6.92 Å². The minimum atomic E-state index is -1.04. The molecule has 0 atom stereocenters. The SMILES string of the molecule is CCOCCC1(C(=O)Nc2cccc(OCC(=O)O)c2)CCC1. The lowest BCUT2D eigenvalue weighted by atomic mass is 9.66. The Bertz CT molecular complexity index is 554. The molecule has 0 heterocycles. The van der Waals surface area contributed by atoms with Crippen LogP contribution in [0, 0.1) is 5.41 Å². The number of carboxylic acid groups (broad SMARTS) is 1. The lowest BCUT2D eigenvalue weighted by Gasteiger charge is -2.40. The molecule has 0 unspecified atom stereocenters. The van der Waals surface area contributed by atoms with Crippen LogP contribution in [-0.2, 0) is 14.3 Å². The van der Waals surface area contributed by atoms with Gasteiger partial charge in [0.25, 0.3) is 0 Å². The number of hydrogen-bond donors (Lipinski definition) is 2. The van der Waals surface area contributed by atoms with Crippen molar-refractivity contribution in [3.8, 4) is 5.75 Å². The summed E-state index contributed by atoms with van der Waals surface area (Å²) in [7, 11) is 0. The molecule has 0 spiro atoms. The average molecular weight is 321 g/mol. The Kier molecular flexibility index (Phi) is 5.98. The topological polar surface area (TPSA) is 84.9 Å². The molecular weight excluding hydrogens is 298 g/mol. The van der Waals surface area contributed by atoms with Crippen LogP contribution in [0.1, 0.15) is 32.6 Å². The molecule has 1 amide bonds. The van der Waals surface area contributed by atoms with E-state index in [0.717, 1.165) is 25.7 Å². The molecule has 6 nitrogen and oxygen atoms in total. The van der Waals surface area contributed by atoms with Crippen molar-refractivity contribution in [1.82, 2.24) is 0 Å². The Morgan fingerprint density at radius 3 is 2.74 bits per heavy atom. The second kappa shape index (κ2) is 7.97. The number of ether oxygens (including phenoxy) is 2. The van der Waals surface area contributed by atoms with E-state index in [-0.39, 0.29) is 11.3 Å². The summed E-state index contributed by atoms with van der Waals surface area (Å²) in [5.41, 5.74) is 0.271. The van der Waals surface area contributed by atoms with Crippen molar-refractivity contribution in [2.45, 2.75) is 32.6 Å². The first-order valence-corrected chi connectivity index (χ1v) is 7.89. The van der Waals surface area contributed by atoms with Crippen molar-refractivity contribution in [3.05, 3.63) is 24.3 Å². The monoisotopic (exact) mass is 321 g/mol. The standard InChI is InChI=1S/C17H23NO5/c1-2-22-10-9-17(7-4-8-17)16(21)18-13-5-3-6-14(11-13)23-12-15(19)20/h3,5-6,11H,2,4,7-10,12H2,1H3,(H,18,21)(H,19,20). The molecule has 1 aromatic carbocycles. The van der Waals surface area contributed by atoms with Gasteiger partial charge in [-0.2, -0.15) is 0 Å². The molecule has 6 heteroatoms. The van der Waals surface area contributed by atoms with E-state index in [1.54, 1.807) is 24.3 Å². The maximum Gasteiger partial charge on any atom is 0.341 e. The normalized spacial score (nSPS) is 15.5. The Balaban J connectivity index is 1.96. The summed E-state index contributed by atoms with van der Waals surface area (Å²) in [6.45, 7) is 2.78. The summed E-state index contributed by atoms with van der Waals surface area (Å²) < 4.78 is 10.5. The molecule has 0 bridgehead atoms. The van der Waals surface area contributed by atoms with Crippen LogP contribution in [0.2, 0.25) is 0 Å². The van der Waals surface area contributed by atoms with Gasteiger partial charge >= 0.3 is 5.97 Å². The first-order valence-electron chi connectivity index (χ1n) is 7.89. The van der Waals surface area contributed by atoms with Crippen molar-refractivity contribution >= 4 is 17.6 Å². The van der Waals surface area contributed by atoms with Crippen molar-refractivity contribution in [2.24, 2.45) is 5.41 Å². The highest BCUT2D eigenvalue weighted by Gasteiger charge is 2.43. The molecule has 1 aliphatic carbocycles. The summed E-state index contributed by atoms with van der Waals surface area (Å²) >= 11 is 0. The van der Waals surface area contributed by atoms with Gasteiger partial charge in [0.2, 0.25) is 5.91 Å². The lowest BCUT2D eigenvalue weighted by molar-refractivity contribution is -0.139. The van der Waals surface area contributed by atoms with E-state index in [0.29, 0.717) is 24.7 Å². The van der Waals surface area contributed by atoms with Crippen LogP contribution < -0.4 is 10.1 Å². The van der Waals surface area contributed by atoms with E-state index in [2.05, 4.69) is 5.32 Å². The molecule has 0 radical (unpaired) electrons. The molecule has 1 aliphatic rings. The fourth-order valence-electron chi connectivity index (χ4n) is 2.68. The zero-order chi connectivity index (χ0) is 16.7. The molecule has 0 saturated heterocycles. The van der Waals surface area contributed by atoms with Gasteiger partial charge in [-0.25, -0.2) is 4.79 Å². The van der Waals surface area contributed by atoms with E-state index in [1.165, 1.54) is 0 Å². The maximum absolute atomic E-state index is 12.6. The predicted molar refractivity (Wildman–Crippen MR) is 85.6 cm³/mol. The van der Waals surface area contributed by atoms with Crippen LogP contribution in [0.3, 0.4) is 0 Å². The molecule has 0 aliphatic heterocycles. The quantitative estimate of drug-likeness (QED) is 0.683. The van der Waals surface area contributed by atoms with Crippen molar-refractivity contribution in [1.29, 1.82) is 0 Å². The van der Waals surface area contributed by atoms with E-state index in [9.17, 15) is 9.59 Å². The Hall–Kier alpha value is -2.08. The number of hydrogen-bond acceptors (Lipinski definition) is 4. The first kappa shape index (κ1) is 17.3. The average Bonchev–Trinajstić information content (AvgIpc) is 2.48. The van der Waals surface area contributed by atoms with E-state index >= 15 is 0 Å². The minimum absolute atomic E-state index is 0.00108. The smallest absolute Gasteiger partial charge is 0.341 e. The largest absolute Gasteiger partial charge is 0.482 e. The summed E-state index contributed by atoms with van der Waals surface area (Å²) in [5, 5.41) is 11.5. The summed E-state index contributed by atoms with van der Waals surface area (Å²) in [6.07, 6.45) is 3.53. The lowest BCUT2D eigenvalue weighted by Crippen LogP contribution is -2.42. The van der Waals surface area contributed by atoms with Gasteiger partial charge in [0.05, 0.1) is 5.41 Å². The molecule has 1 aromatic rings. The zero-order valence-electron chi connectivity index (χ0n) is 13.3. The zero-order valence-corrected chi connectivity index (χ0v) is 13.3. The fourth-order valence-corrected chi connectivity index (χ4v) is 2.68. The number of rotatable bonds is 9. The number of carboxylic acids is 1. The van der Waals surface area contributed by atoms with Crippen LogP contribution >= 0.6 is 0 Å². The van der Waals surface area contributed by atoms with Gasteiger partial charge in [0, 0.05) is 25.0 Å². The van der Waals surface area contributed by atoms with E-state index < -0.39 is 12.6 Å². The van der Waals surface area contributed by atoms with Crippen LogP contribution in [-0.4, -0.2) is 36.8 Å². The first-order chi connectivity index (χ1) is 11.1. The molecule has 1 fully saturated rings. The Labute approximate surface area is 135 Å². The number of carbonyl (C=O) groups is 2. The highest BCUT2D eigenvalue weighted by atomic mass is 16.5. The Morgan fingerprint density at radius 1 is 1.35 bits per heavy atom. The molecule has 2 rings (SSSR count). The summed E-state index contributed by atoms with van der Waals surface area (Å²) in [6, 6.07) is 6.78. The molecular formula is C17H23NO5. The third-order valence-corrected chi connectivity index (χ3v) is 4.18. The highest BCUT2D eigenvalue weighted by Crippen LogP contribution is 2.45. The Morgan fingerprint density at radius 2 is 2.13 bits per heavy atom. The number of aliphatic carboxylic acids is 1. The van der Waals surface area contributed by atoms with Gasteiger partial charge in [-0.15, -0.1) is 0 Å². The predicted octanol–water partition coefficient (Wildman–Crippen LogP) is 2.69. The highest BCUT2D eigenvalue weighted by molar-refractivity contribution is 5.96. The van der Waals surface area contributed by atoms with Gasteiger partial charge in [-0.05, 0) is 38.3 Å². The number of carbonyl (C=O) groups excluding carboxylic acids is 1. The van der Waals surface area contributed by atoms with Crippen LogP contribution in [0.15, 0.2) is 24.3 Å². The van der Waals surface area contributed by atoms with Gasteiger partial charge in [0.1, 0.15) is 5.75 Å². The number of anilines is 1. The number of benzene rings is 1. The fraction of sp³-hybridized carbons (Fsp3) is 0.529. The minimum Gasteiger partial charge on any atom is -0.482 e. The molecule has 23 heavy (non-hydrogen) atoms. The second-order valence-electron chi connectivity index (χ2n) is 5.75. The molecule has 126 valence electrons. The van der Waals surface area contributed by atoms with Crippen LogP contribution in [0.25, 0.3) is 0 Å². The third-order valence-electron chi connectivity index (χ3n) is 4.18. The third kappa shape index (κ3) is 4.69.